The van der Waals surface area contributed by atoms with Crippen LogP contribution in [-0.4, -0.2) is 16.7 Å². The molecular weight excluding hydrogens is 269 g/mol. The lowest BCUT2D eigenvalue weighted by Crippen LogP contribution is -1.99. The van der Waals surface area contributed by atoms with Gasteiger partial charge in [-0.25, -0.2) is 0 Å². The van der Waals surface area contributed by atoms with Crippen molar-refractivity contribution < 1.29 is 0 Å². The highest BCUT2D eigenvalue weighted by atomic mass is 35.5. The van der Waals surface area contributed by atoms with Crippen molar-refractivity contribution in [1.82, 2.24) is 0 Å². The van der Waals surface area contributed by atoms with Crippen LogP contribution in [0.1, 0.15) is 6.42 Å². The largest absolute Gasteiger partial charge is 0.271 e. The highest BCUT2D eigenvalue weighted by Crippen LogP contribution is 2.37. The number of aliphatic imine (C=N–C) groups is 1. The molecule has 0 amide bonds. The maximum atomic E-state index is 6.08. The third-order valence-electron chi connectivity index (χ3n) is 1.88. The van der Waals surface area contributed by atoms with Crippen molar-refractivity contribution >= 4 is 51.1 Å². The number of halogens is 2. The first-order valence-electron chi connectivity index (χ1n) is 4.56. The molecule has 1 heterocycles. The van der Waals surface area contributed by atoms with Crippen molar-refractivity contribution in [2.24, 2.45) is 4.99 Å². The van der Waals surface area contributed by atoms with Gasteiger partial charge >= 0.3 is 0 Å². The van der Waals surface area contributed by atoms with Crippen LogP contribution in [0.15, 0.2) is 28.1 Å². The highest BCUT2D eigenvalue weighted by Gasteiger charge is 2.12. The zero-order valence-corrected chi connectivity index (χ0v) is 11.0. The van der Waals surface area contributed by atoms with Crippen LogP contribution in [0, 0.1) is 0 Å². The van der Waals surface area contributed by atoms with E-state index in [-0.39, 0.29) is 0 Å². The second-order valence-electron chi connectivity index (χ2n) is 3.00. The van der Waals surface area contributed by atoms with Crippen LogP contribution in [0.5, 0.6) is 0 Å². The lowest BCUT2D eigenvalue weighted by Gasteiger charge is -2.12. The van der Waals surface area contributed by atoms with E-state index in [9.17, 15) is 0 Å². The van der Waals surface area contributed by atoms with Crippen molar-refractivity contribution in [3.63, 3.8) is 0 Å². The quantitative estimate of drug-likeness (QED) is 0.745. The summed E-state index contributed by atoms with van der Waals surface area (Å²) in [5.41, 5.74) is 0. The molecule has 1 nitrogen and oxygen atoms in total. The van der Waals surface area contributed by atoms with Crippen molar-refractivity contribution in [3.05, 3.63) is 28.2 Å². The summed E-state index contributed by atoms with van der Waals surface area (Å²) in [4.78, 5) is 5.34. The van der Waals surface area contributed by atoms with Gasteiger partial charge < -0.3 is 0 Å². The normalized spacial score (nSPS) is 16.3. The van der Waals surface area contributed by atoms with Crippen LogP contribution in [-0.2, 0) is 0 Å². The van der Waals surface area contributed by atoms with E-state index in [2.05, 4.69) is 4.99 Å². The summed E-state index contributed by atoms with van der Waals surface area (Å²) in [5, 5.41) is 1.39. The lowest BCUT2D eigenvalue weighted by atomic mass is 10.4. The molecule has 0 saturated carbocycles. The monoisotopic (exact) mass is 277 g/mol. The smallest absolute Gasteiger partial charge is 0.129 e. The summed E-state index contributed by atoms with van der Waals surface area (Å²) in [6.07, 6.45) is 1.16. The topological polar surface area (TPSA) is 12.4 Å². The minimum absolute atomic E-state index is 0.696. The van der Waals surface area contributed by atoms with Crippen molar-refractivity contribution in [3.8, 4) is 0 Å². The molecule has 1 aliphatic heterocycles. The molecule has 80 valence electrons. The summed E-state index contributed by atoms with van der Waals surface area (Å²) in [6, 6.07) is 5.55. The van der Waals surface area contributed by atoms with Crippen LogP contribution >= 0.6 is 46.7 Å². The van der Waals surface area contributed by atoms with Gasteiger partial charge in [0.15, 0.2) is 0 Å². The molecule has 1 aromatic carbocycles. The van der Waals surface area contributed by atoms with Gasteiger partial charge in [-0.3, -0.25) is 4.99 Å². The van der Waals surface area contributed by atoms with E-state index in [1.54, 1.807) is 23.5 Å². The Morgan fingerprint density at radius 1 is 1.27 bits per heavy atom. The van der Waals surface area contributed by atoms with Crippen LogP contribution in [0.2, 0.25) is 10.0 Å². The number of nitrogens with zero attached hydrogens (tertiary/aromatic N) is 1. The molecule has 0 N–H and O–H groups in total. The fourth-order valence-electron chi connectivity index (χ4n) is 1.17. The maximum absolute atomic E-state index is 6.08. The predicted octanol–water partition coefficient (Wildman–Crippen LogP) is 4.58. The number of thioether (sulfide) groups is 2. The lowest BCUT2D eigenvalue weighted by molar-refractivity contribution is 0.942. The Labute approximate surface area is 108 Å². The van der Waals surface area contributed by atoms with E-state index in [4.69, 9.17) is 23.2 Å². The second-order valence-corrected chi connectivity index (χ2v) is 6.16. The number of benzene rings is 1. The van der Waals surface area contributed by atoms with Gasteiger partial charge in [-0.1, -0.05) is 52.8 Å². The molecule has 0 spiro atoms. The first-order chi connectivity index (χ1) is 7.27. The molecule has 0 aromatic heterocycles. The molecule has 1 aromatic rings. The van der Waals surface area contributed by atoms with E-state index in [0.717, 1.165) is 28.0 Å². The summed E-state index contributed by atoms with van der Waals surface area (Å²) in [7, 11) is 0. The van der Waals surface area contributed by atoms with Crippen LogP contribution in [0.25, 0.3) is 0 Å². The zero-order chi connectivity index (χ0) is 10.7. The standard InChI is InChI=1S/C10H9Cl2NS2/c11-7-3-1-4-8(12)9(7)15-10-13-5-2-6-14-10/h1,3-4H,2,5-6H2. The minimum atomic E-state index is 0.696. The third-order valence-corrected chi connectivity index (χ3v) is 5.15. The number of hydrogen-bond acceptors (Lipinski definition) is 3. The predicted molar refractivity (Wildman–Crippen MR) is 71.7 cm³/mol. The first-order valence-corrected chi connectivity index (χ1v) is 7.12. The fraction of sp³-hybridized carbons (Fsp3) is 0.300. The third kappa shape index (κ3) is 3.06. The fourth-order valence-corrected chi connectivity index (χ4v) is 3.83. The number of rotatable bonds is 1. The van der Waals surface area contributed by atoms with E-state index < -0.39 is 0 Å². The summed E-state index contributed by atoms with van der Waals surface area (Å²) in [5.74, 6) is 1.13. The number of hydrogen-bond donors (Lipinski definition) is 0. The molecule has 2 rings (SSSR count). The van der Waals surface area contributed by atoms with Gasteiger partial charge in [-0.05, 0) is 18.6 Å². The Morgan fingerprint density at radius 3 is 2.60 bits per heavy atom. The molecule has 0 unspecified atom stereocenters. The van der Waals surface area contributed by atoms with Crippen molar-refractivity contribution in [2.45, 2.75) is 11.3 Å². The zero-order valence-electron chi connectivity index (χ0n) is 7.87. The van der Waals surface area contributed by atoms with E-state index in [0.29, 0.717) is 10.0 Å². The minimum Gasteiger partial charge on any atom is -0.271 e. The molecule has 1 aliphatic rings. The van der Waals surface area contributed by atoms with E-state index in [1.165, 1.54) is 0 Å². The molecule has 5 heteroatoms. The van der Waals surface area contributed by atoms with Crippen LogP contribution in [0.4, 0.5) is 0 Å². The van der Waals surface area contributed by atoms with Crippen molar-refractivity contribution in [2.75, 3.05) is 12.3 Å². The summed E-state index contributed by atoms with van der Waals surface area (Å²) >= 11 is 15.5. The second kappa shape index (κ2) is 5.48. The molecular formula is C10H9Cl2NS2. The van der Waals surface area contributed by atoms with Gasteiger partial charge in [-0.2, -0.15) is 0 Å². The molecule has 15 heavy (non-hydrogen) atoms. The molecule has 0 saturated heterocycles. The maximum Gasteiger partial charge on any atom is 0.129 e. The Morgan fingerprint density at radius 2 is 2.00 bits per heavy atom. The Hall–Kier alpha value is 0.170. The molecule has 0 aliphatic carbocycles. The Kier molecular flexibility index (Phi) is 4.26. The molecule has 0 bridgehead atoms. The summed E-state index contributed by atoms with van der Waals surface area (Å²) in [6.45, 7) is 0.914. The summed E-state index contributed by atoms with van der Waals surface area (Å²) < 4.78 is 1.07. The van der Waals surface area contributed by atoms with E-state index in [1.807, 2.05) is 18.2 Å². The Bertz CT molecular complexity index is 373. The average molecular weight is 278 g/mol. The first kappa shape index (κ1) is 11.6. The van der Waals surface area contributed by atoms with Gasteiger partial charge in [0.2, 0.25) is 0 Å². The van der Waals surface area contributed by atoms with Gasteiger partial charge in [0.1, 0.15) is 4.38 Å². The highest BCUT2D eigenvalue weighted by molar-refractivity contribution is 8.39. The van der Waals surface area contributed by atoms with Gasteiger partial charge in [0.25, 0.3) is 0 Å². The van der Waals surface area contributed by atoms with Gasteiger partial charge in [0.05, 0.1) is 14.9 Å². The molecule has 0 radical (unpaired) electrons. The van der Waals surface area contributed by atoms with Gasteiger partial charge in [-0.15, -0.1) is 0 Å². The SMILES string of the molecule is Clc1cccc(Cl)c1SC1=NCCCS1. The average Bonchev–Trinajstić information content (AvgIpc) is 2.25. The molecule has 0 atom stereocenters. The van der Waals surface area contributed by atoms with Crippen LogP contribution < -0.4 is 0 Å². The molecule has 0 fully saturated rings. The van der Waals surface area contributed by atoms with Crippen LogP contribution in [0.3, 0.4) is 0 Å². The van der Waals surface area contributed by atoms with Crippen molar-refractivity contribution in [1.29, 1.82) is 0 Å². The van der Waals surface area contributed by atoms with Gasteiger partial charge in [0, 0.05) is 12.3 Å². The Balaban J connectivity index is 2.19. The van der Waals surface area contributed by atoms with E-state index >= 15 is 0 Å².